The topological polar surface area (TPSA) is 38.7 Å². The second kappa shape index (κ2) is 13.8. The lowest BCUT2D eigenvalue weighted by Crippen LogP contribution is -2.00. The van der Waals surface area contributed by atoms with Crippen LogP contribution >= 0.6 is 11.3 Å². The van der Waals surface area contributed by atoms with Crippen LogP contribution in [-0.4, -0.2) is 15.0 Å². The number of nitrogens with zero attached hydrogens (tertiary/aromatic N) is 3. The molecule has 0 amide bonds. The summed E-state index contributed by atoms with van der Waals surface area (Å²) in [7, 11) is 0. The fraction of sp³-hybridized carbons (Fsp3) is 0. The Morgan fingerprint density at radius 3 is 1.54 bits per heavy atom. The first-order valence-corrected chi connectivity index (χ1v) is 20.0. The molecule has 0 aliphatic heterocycles. The van der Waals surface area contributed by atoms with E-state index >= 15 is 0 Å². The summed E-state index contributed by atoms with van der Waals surface area (Å²) in [5.74, 6) is 1.95. The number of thiophene rings is 1. The van der Waals surface area contributed by atoms with Crippen molar-refractivity contribution in [3.63, 3.8) is 0 Å². The molecule has 2 heterocycles. The standard InChI is InChI=1S/C53H33N3S/c1-3-11-34(12-4-1)36-21-26-39(27-22-36)51-54-52(56-53(55-51)47-19-10-17-45-44-16-7-8-20-49(44)57-50(45)47)46-18-9-15-38-25-30-42(33-48(38)46)41-29-24-37-23-28-40(31-43(37)32-41)35-13-5-2-6-14-35/h1-33H. The van der Waals surface area contributed by atoms with Gasteiger partial charge in [-0.3, -0.25) is 0 Å². The summed E-state index contributed by atoms with van der Waals surface area (Å²) in [6, 6.07) is 71.2. The Kier molecular flexibility index (Phi) is 8.01. The van der Waals surface area contributed by atoms with Crippen molar-refractivity contribution in [1.29, 1.82) is 0 Å². The van der Waals surface area contributed by atoms with Crippen molar-refractivity contribution in [1.82, 2.24) is 15.0 Å². The van der Waals surface area contributed by atoms with E-state index in [2.05, 4.69) is 194 Å². The zero-order valence-corrected chi connectivity index (χ0v) is 31.6. The van der Waals surface area contributed by atoms with E-state index < -0.39 is 0 Å². The quantitative estimate of drug-likeness (QED) is 0.170. The highest BCUT2D eigenvalue weighted by Gasteiger charge is 2.18. The van der Waals surface area contributed by atoms with Crippen molar-refractivity contribution in [2.45, 2.75) is 0 Å². The van der Waals surface area contributed by atoms with Gasteiger partial charge in [-0.2, -0.15) is 0 Å². The molecule has 0 atom stereocenters. The van der Waals surface area contributed by atoms with Crippen molar-refractivity contribution < 1.29 is 0 Å². The first kappa shape index (κ1) is 33.1. The van der Waals surface area contributed by atoms with Gasteiger partial charge in [-0.15, -0.1) is 11.3 Å². The fourth-order valence-electron chi connectivity index (χ4n) is 8.00. The maximum atomic E-state index is 5.30. The molecule has 0 fully saturated rings. The minimum atomic E-state index is 0.643. The van der Waals surface area contributed by atoms with Gasteiger partial charge in [0.2, 0.25) is 0 Å². The maximum Gasteiger partial charge on any atom is 0.165 e. The maximum absolute atomic E-state index is 5.30. The number of hydrogen-bond donors (Lipinski definition) is 0. The second-order valence-corrected chi connectivity index (χ2v) is 15.5. The molecule has 0 spiro atoms. The van der Waals surface area contributed by atoms with Crippen molar-refractivity contribution >= 4 is 53.1 Å². The van der Waals surface area contributed by atoms with Gasteiger partial charge in [-0.1, -0.05) is 170 Å². The third-order valence-corrected chi connectivity index (χ3v) is 12.2. The Hall–Kier alpha value is -7.27. The Morgan fingerprint density at radius 2 is 0.789 bits per heavy atom. The average molecular weight is 744 g/mol. The summed E-state index contributed by atoms with van der Waals surface area (Å²) >= 11 is 1.79. The number of aromatic nitrogens is 3. The molecule has 0 aliphatic carbocycles. The van der Waals surface area contributed by atoms with Crippen LogP contribution in [0.2, 0.25) is 0 Å². The average Bonchev–Trinajstić information content (AvgIpc) is 3.68. The van der Waals surface area contributed by atoms with Gasteiger partial charge in [0.25, 0.3) is 0 Å². The van der Waals surface area contributed by atoms with Crippen LogP contribution in [-0.2, 0) is 0 Å². The summed E-state index contributed by atoms with van der Waals surface area (Å²) in [5, 5.41) is 7.11. The highest BCUT2D eigenvalue weighted by Crippen LogP contribution is 2.40. The molecule has 0 saturated carbocycles. The molecule has 0 unspecified atom stereocenters. The monoisotopic (exact) mass is 743 g/mol. The molecule has 4 heteroatoms. The van der Waals surface area contributed by atoms with Crippen LogP contribution in [0.5, 0.6) is 0 Å². The van der Waals surface area contributed by atoms with E-state index in [9.17, 15) is 0 Å². The third-order valence-electron chi connectivity index (χ3n) is 10.9. The Balaban J connectivity index is 1.07. The minimum Gasteiger partial charge on any atom is -0.208 e. The van der Waals surface area contributed by atoms with E-state index in [0.29, 0.717) is 17.5 Å². The van der Waals surface area contributed by atoms with Crippen LogP contribution in [0.3, 0.4) is 0 Å². The van der Waals surface area contributed by atoms with Crippen molar-refractivity contribution in [2.24, 2.45) is 0 Å². The zero-order chi connectivity index (χ0) is 37.7. The normalized spacial score (nSPS) is 11.5. The lowest BCUT2D eigenvalue weighted by atomic mass is 9.95. The van der Waals surface area contributed by atoms with Crippen LogP contribution in [0.1, 0.15) is 0 Å². The first-order valence-electron chi connectivity index (χ1n) is 19.2. The van der Waals surface area contributed by atoms with Gasteiger partial charge >= 0.3 is 0 Å². The predicted molar refractivity (Wildman–Crippen MR) is 240 cm³/mol. The van der Waals surface area contributed by atoms with Crippen molar-refractivity contribution in [3.05, 3.63) is 200 Å². The first-order chi connectivity index (χ1) is 28.2. The highest BCUT2D eigenvalue weighted by molar-refractivity contribution is 7.26. The van der Waals surface area contributed by atoms with E-state index in [0.717, 1.165) is 44.2 Å². The lowest BCUT2D eigenvalue weighted by Gasteiger charge is -2.12. The van der Waals surface area contributed by atoms with Crippen molar-refractivity contribution in [2.75, 3.05) is 0 Å². The minimum absolute atomic E-state index is 0.643. The number of fused-ring (bicyclic) bond motifs is 5. The molecule has 0 saturated heterocycles. The van der Waals surface area contributed by atoms with E-state index in [1.807, 2.05) is 6.07 Å². The third kappa shape index (κ3) is 6.04. The Labute approximate surface area is 334 Å². The van der Waals surface area contributed by atoms with Gasteiger partial charge < -0.3 is 0 Å². The smallest absolute Gasteiger partial charge is 0.165 e. The van der Waals surface area contributed by atoms with Gasteiger partial charge in [0.1, 0.15) is 0 Å². The Morgan fingerprint density at radius 1 is 0.281 bits per heavy atom. The van der Waals surface area contributed by atoms with Gasteiger partial charge in [-0.05, 0) is 85.3 Å². The van der Waals surface area contributed by atoms with Crippen LogP contribution in [0.4, 0.5) is 0 Å². The molecule has 0 radical (unpaired) electrons. The summed E-state index contributed by atoms with van der Waals surface area (Å²) in [6.45, 7) is 0. The predicted octanol–water partition coefficient (Wildman–Crippen LogP) is 14.5. The molecule has 0 N–H and O–H groups in total. The highest BCUT2D eigenvalue weighted by atomic mass is 32.1. The number of hydrogen-bond acceptors (Lipinski definition) is 4. The molecule has 57 heavy (non-hydrogen) atoms. The molecule has 2 aromatic heterocycles. The van der Waals surface area contributed by atoms with Crippen LogP contribution in [0, 0.1) is 0 Å². The molecule has 11 aromatic rings. The Bertz CT molecular complexity index is 3280. The van der Waals surface area contributed by atoms with E-state index in [4.69, 9.17) is 15.0 Å². The van der Waals surface area contributed by atoms with Crippen LogP contribution in [0.15, 0.2) is 200 Å². The fourth-order valence-corrected chi connectivity index (χ4v) is 9.21. The van der Waals surface area contributed by atoms with Gasteiger partial charge in [0.05, 0.1) is 0 Å². The van der Waals surface area contributed by atoms with Crippen LogP contribution < -0.4 is 0 Å². The summed E-state index contributed by atoms with van der Waals surface area (Å²) in [4.78, 5) is 15.7. The molecule has 0 bridgehead atoms. The number of benzene rings is 9. The van der Waals surface area contributed by atoms with E-state index in [1.165, 1.54) is 47.6 Å². The van der Waals surface area contributed by atoms with Gasteiger partial charge in [0.15, 0.2) is 17.5 Å². The van der Waals surface area contributed by atoms with E-state index in [1.54, 1.807) is 11.3 Å². The molecule has 9 aromatic carbocycles. The zero-order valence-electron chi connectivity index (χ0n) is 30.8. The molecule has 266 valence electrons. The summed E-state index contributed by atoms with van der Waals surface area (Å²) < 4.78 is 2.42. The second-order valence-electron chi connectivity index (χ2n) is 14.4. The largest absolute Gasteiger partial charge is 0.208 e. The lowest BCUT2D eigenvalue weighted by molar-refractivity contribution is 1.08. The molecule has 11 rings (SSSR count). The molecular weight excluding hydrogens is 711 g/mol. The van der Waals surface area contributed by atoms with Gasteiger partial charge in [0, 0.05) is 36.9 Å². The van der Waals surface area contributed by atoms with Crippen molar-refractivity contribution in [3.8, 4) is 67.5 Å². The molecular formula is C53H33N3S. The molecule has 3 nitrogen and oxygen atoms in total. The van der Waals surface area contributed by atoms with Gasteiger partial charge in [-0.25, -0.2) is 15.0 Å². The number of rotatable bonds is 6. The van der Waals surface area contributed by atoms with Crippen LogP contribution in [0.25, 0.3) is 109 Å². The van der Waals surface area contributed by atoms with E-state index in [-0.39, 0.29) is 0 Å². The summed E-state index contributed by atoms with van der Waals surface area (Å²) in [6.07, 6.45) is 0. The SMILES string of the molecule is c1ccc(-c2ccc(-c3nc(-c4cccc5ccc(-c6ccc7ccc(-c8ccccc8)cc7c6)cc45)nc(-c4cccc5c4sc4ccccc45)n3)cc2)cc1. The summed E-state index contributed by atoms with van der Waals surface area (Å²) in [5.41, 5.74) is 9.97. The molecule has 0 aliphatic rings.